The molecule has 2 heterocycles. The second-order valence-corrected chi connectivity index (χ2v) is 7.48. The SMILES string of the molecule is CCN(CC)CCN(C(=O)c1ccn(C)n1)c1nc2c(OC)ccc(OC)c2s1.Cl. The average Bonchev–Trinajstić information content (AvgIpc) is 3.36. The number of benzene rings is 1. The van der Waals surface area contributed by atoms with Crippen molar-refractivity contribution in [3.8, 4) is 11.5 Å². The van der Waals surface area contributed by atoms with Crippen molar-refractivity contribution in [3.63, 3.8) is 0 Å². The molecular weight excluding hydrogens is 426 g/mol. The van der Waals surface area contributed by atoms with Crippen LogP contribution in [0.3, 0.4) is 0 Å². The lowest BCUT2D eigenvalue weighted by Gasteiger charge is -2.24. The van der Waals surface area contributed by atoms with E-state index in [1.54, 1.807) is 43.1 Å². The smallest absolute Gasteiger partial charge is 0.280 e. The average molecular weight is 454 g/mol. The normalized spacial score (nSPS) is 10.9. The third kappa shape index (κ3) is 4.85. The Kier molecular flexibility index (Phi) is 8.45. The molecule has 1 amide bonds. The maximum Gasteiger partial charge on any atom is 0.280 e. The Bertz CT molecular complexity index is 945. The zero-order valence-electron chi connectivity index (χ0n) is 17.9. The van der Waals surface area contributed by atoms with Crippen LogP contribution in [-0.4, -0.2) is 66.0 Å². The van der Waals surface area contributed by atoms with Crippen LogP contribution in [-0.2, 0) is 7.05 Å². The summed E-state index contributed by atoms with van der Waals surface area (Å²) in [5.74, 6) is 1.19. The topological polar surface area (TPSA) is 72.7 Å². The molecular formula is C20H28ClN5O3S. The molecule has 0 radical (unpaired) electrons. The van der Waals surface area contributed by atoms with E-state index in [9.17, 15) is 4.79 Å². The van der Waals surface area contributed by atoms with Gasteiger partial charge in [-0.2, -0.15) is 5.10 Å². The van der Waals surface area contributed by atoms with Gasteiger partial charge in [-0.25, -0.2) is 4.98 Å². The summed E-state index contributed by atoms with van der Waals surface area (Å²) in [7, 11) is 5.03. The standard InChI is InChI=1S/C20H27N5O3S.ClH/c1-6-24(7-2)12-13-25(19(26)14-10-11-23(3)22-14)20-21-17-15(27-4)8-9-16(28-5)18(17)29-20;/h8-11H,6-7,12-13H2,1-5H3;1H. The van der Waals surface area contributed by atoms with Gasteiger partial charge in [0, 0.05) is 26.3 Å². The predicted molar refractivity (Wildman–Crippen MR) is 123 cm³/mol. The molecule has 10 heteroatoms. The molecule has 8 nitrogen and oxygen atoms in total. The Morgan fingerprint density at radius 1 is 1.10 bits per heavy atom. The van der Waals surface area contributed by atoms with Crippen LogP contribution in [0.4, 0.5) is 5.13 Å². The van der Waals surface area contributed by atoms with Crippen molar-refractivity contribution in [3.05, 3.63) is 30.1 Å². The summed E-state index contributed by atoms with van der Waals surface area (Å²) in [5.41, 5.74) is 1.08. The highest BCUT2D eigenvalue weighted by molar-refractivity contribution is 7.22. The highest BCUT2D eigenvalue weighted by atomic mass is 35.5. The highest BCUT2D eigenvalue weighted by Crippen LogP contribution is 2.40. The number of halogens is 1. The number of likely N-dealkylation sites (N-methyl/N-ethyl adjacent to an activating group) is 1. The van der Waals surface area contributed by atoms with Crippen molar-refractivity contribution >= 4 is 45.0 Å². The third-order valence-electron chi connectivity index (χ3n) is 4.84. The van der Waals surface area contributed by atoms with Crippen LogP contribution in [0.25, 0.3) is 10.2 Å². The van der Waals surface area contributed by atoms with Crippen LogP contribution in [0.1, 0.15) is 24.3 Å². The zero-order chi connectivity index (χ0) is 21.0. The molecule has 0 unspecified atom stereocenters. The molecule has 0 bridgehead atoms. The summed E-state index contributed by atoms with van der Waals surface area (Å²) in [5, 5.41) is 4.89. The lowest BCUT2D eigenvalue weighted by molar-refractivity contribution is 0.0978. The van der Waals surface area contributed by atoms with Crippen molar-refractivity contribution in [2.75, 3.05) is 45.3 Å². The van der Waals surface area contributed by atoms with E-state index in [-0.39, 0.29) is 18.3 Å². The Hall–Kier alpha value is -2.36. The number of amides is 1. The molecule has 3 rings (SSSR count). The largest absolute Gasteiger partial charge is 0.495 e. The Morgan fingerprint density at radius 2 is 1.77 bits per heavy atom. The van der Waals surface area contributed by atoms with Gasteiger partial charge in [0.15, 0.2) is 10.8 Å². The van der Waals surface area contributed by atoms with Crippen LogP contribution in [0.2, 0.25) is 0 Å². The Morgan fingerprint density at radius 3 is 2.33 bits per heavy atom. The maximum atomic E-state index is 13.3. The van der Waals surface area contributed by atoms with Crippen LogP contribution in [0.15, 0.2) is 24.4 Å². The summed E-state index contributed by atoms with van der Waals surface area (Å²) < 4.78 is 13.4. The number of aryl methyl sites for hydroxylation is 1. The fourth-order valence-electron chi connectivity index (χ4n) is 3.12. The van der Waals surface area contributed by atoms with Crippen LogP contribution in [0.5, 0.6) is 11.5 Å². The molecule has 0 saturated carbocycles. The van der Waals surface area contributed by atoms with Crippen molar-refractivity contribution in [2.45, 2.75) is 13.8 Å². The number of nitrogens with zero attached hydrogens (tertiary/aromatic N) is 5. The minimum Gasteiger partial charge on any atom is -0.495 e. The number of rotatable bonds is 9. The van der Waals surface area contributed by atoms with Crippen molar-refractivity contribution in [1.29, 1.82) is 0 Å². The van der Waals surface area contributed by atoms with Gasteiger partial charge >= 0.3 is 0 Å². The first-order valence-electron chi connectivity index (χ1n) is 9.57. The van der Waals surface area contributed by atoms with Gasteiger partial charge in [0.1, 0.15) is 21.7 Å². The number of fused-ring (bicyclic) bond motifs is 1. The number of anilines is 1. The first-order valence-corrected chi connectivity index (χ1v) is 10.4. The van der Waals surface area contributed by atoms with E-state index in [2.05, 4.69) is 23.8 Å². The molecule has 0 saturated heterocycles. The van der Waals surface area contributed by atoms with Gasteiger partial charge in [0.2, 0.25) is 0 Å². The fraction of sp³-hybridized carbons (Fsp3) is 0.450. The van der Waals surface area contributed by atoms with Crippen LogP contribution >= 0.6 is 23.7 Å². The van der Waals surface area contributed by atoms with Crippen molar-refractivity contribution in [2.24, 2.45) is 7.05 Å². The maximum absolute atomic E-state index is 13.3. The molecule has 0 spiro atoms. The minimum atomic E-state index is -0.172. The van der Waals surface area contributed by atoms with Gasteiger partial charge in [0.25, 0.3) is 5.91 Å². The number of methoxy groups -OCH3 is 2. The summed E-state index contributed by atoms with van der Waals surface area (Å²) in [6.45, 7) is 7.33. The molecule has 0 atom stereocenters. The zero-order valence-corrected chi connectivity index (χ0v) is 19.5. The number of ether oxygens (including phenoxy) is 2. The van der Waals surface area contributed by atoms with E-state index in [0.717, 1.165) is 24.3 Å². The summed E-state index contributed by atoms with van der Waals surface area (Å²) in [4.78, 5) is 22.0. The van der Waals surface area contributed by atoms with E-state index >= 15 is 0 Å². The van der Waals surface area contributed by atoms with Gasteiger partial charge < -0.3 is 14.4 Å². The van der Waals surface area contributed by atoms with Crippen molar-refractivity contribution in [1.82, 2.24) is 19.7 Å². The van der Waals surface area contributed by atoms with Crippen LogP contribution < -0.4 is 14.4 Å². The second kappa shape index (κ2) is 10.6. The predicted octanol–water partition coefficient (Wildman–Crippen LogP) is 3.46. The van der Waals surface area contributed by atoms with Gasteiger partial charge in [-0.05, 0) is 31.3 Å². The molecule has 30 heavy (non-hydrogen) atoms. The lowest BCUT2D eigenvalue weighted by atomic mass is 10.3. The van der Waals surface area contributed by atoms with Gasteiger partial charge in [0.05, 0.1) is 14.2 Å². The number of carbonyl (C=O) groups excluding carboxylic acids is 1. The van der Waals surface area contributed by atoms with E-state index in [4.69, 9.17) is 14.5 Å². The number of thiazole rings is 1. The van der Waals surface area contributed by atoms with Crippen molar-refractivity contribution < 1.29 is 14.3 Å². The Balaban J connectivity index is 0.00000320. The molecule has 0 aliphatic carbocycles. The number of aromatic nitrogens is 3. The van der Waals surface area contributed by atoms with E-state index < -0.39 is 0 Å². The van der Waals surface area contributed by atoms with Gasteiger partial charge in [-0.3, -0.25) is 14.4 Å². The van der Waals surface area contributed by atoms with Gasteiger partial charge in [-0.15, -0.1) is 12.4 Å². The number of hydrogen-bond donors (Lipinski definition) is 0. The molecule has 0 fully saturated rings. The van der Waals surface area contributed by atoms with Crippen LogP contribution in [0, 0.1) is 0 Å². The fourth-order valence-corrected chi connectivity index (χ4v) is 4.22. The van der Waals surface area contributed by atoms with E-state index in [1.165, 1.54) is 11.3 Å². The monoisotopic (exact) mass is 453 g/mol. The minimum absolute atomic E-state index is 0. The second-order valence-electron chi connectivity index (χ2n) is 6.50. The highest BCUT2D eigenvalue weighted by Gasteiger charge is 2.25. The molecule has 164 valence electrons. The van der Waals surface area contributed by atoms with Gasteiger partial charge in [-0.1, -0.05) is 25.2 Å². The molecule has 0 aliphatic rings. The molecule has 0 aliphatic heterocycles. The molecule has 2 aromatic heterocycles. The number of carbonyl (C=O) groups is 1. The summed E-state index contributed by atoms with van der Waals surface area (Å²) in [6, 6.07) is 5.40. The summed E-state index contributed by atoms with van der Waals surface area (Å²) >= 11 is 1.42. The Labute approximate surface area is 186 Å². The molecule has 1 aromatic carbocycles. The quantitative estimate of drug-likeness (QED) is 0.494. The summed E-state index contributed by atoms with van der Waals surface area (Å²) in [6.07, 6.45) is 1.76. The van der Waals surface area contributed by atoms with E-state index in [1.807, 2.05) is 12.1 Å². The number of hydrogen-bond acceptors (Lipinski definition) is 7. The molecule has 0 N–H and O–H groups in total. The first-order chi connectivity index (χ1) is 14.0. The first kappa shape index (κ1) is 23.9. The van der Waals surface area contributed by atoms with E-state index in [0.29, 0.717) is 34.4 Å². The molecule has 3 aromatic rings. The lowest BCUT2D eigenvalue weighted by Crippen LogP contribution is -2.39. The third-order valence-corrected chi connectivity index (χ3v) is 5.93.